The van der Waals surface area contributed by atoms with Gasteiger partial charge in [0, 0.05) is 12.1 Å². The van der Waals surface area contributed by atoms with Crippen LogP contribution in [-0.4, -0.2) is 21.0 Å². The molecule has 1 rings (SSSR count). The number of halogens is 3. The van der Waals surface area contributed by atoms with Gasteiger partial charge in [0.05, 0.1) is 0 Å². The van der Waals surface area contributed by atoms with E-state index >= 15 is 0 Å². The molecular formula is C25H40Cl3N3OS. The zero-order valence-corrected chi connectivity index (χ0v) is 23.1. The Kier molecular flexibility index (Phi) is 16.2. The Bertz CT molecular complexity index is 698. The standard InChI is InChI=1S/C25H40Cl3N3OS/c1-3-4-5-6-7-8-9-10-11-12-13-14-18-22(32)30-23(25(26,27)28)31-24(33)29-21-17-15-16-20(2)19-21/h15-17,19,23H,3-14,18H2,1-2H3,(H,30,32)(H2,29,31,33)/t23-/m0/s1. The number of hydrogen-bond acceptors (Lipinski definition) is 2. The van der Waals surface area contributed by atoms with Gasteiger partial charge in [-0.15, -0.1) is 0 Å². The van der Waals surface area contributed by atoms with Gasteiger partial charge in [-0.3, -0.25) is 4.79 Å². The van der Waals surface area contributed by atoms with Crippen molar-refractivity contribution in [3.63, 3.8) is 0 Å². The van der Waals surface area contributed by atoms with E-state index in [0.717, 1.165) is 30.5 Å². The normalized spacial score (nSPS) is 12.3. The molecule has 0 aliphatic rings. The van der Waals surface area contributed by atoms with Crippen LogP contribution in [0, 0.1) is 6.92 Å². The van der Waals surface area contributed by atoms with E-state index in [2.05, 4.69) is 22.9 Å². The lowest BCUT2D eigenvalue weighted by atomic mass is 10.0. The van der Waals surface area contributed by atoms with Crippen molar-refractivity contribution in [3.05, 3.63) is 29.8 Å². The van der Waals surface area contributed by atoms with Crippen molar-refractivity contribution < 1.29 is 4.79 Å². The minimum atomic E-state index is -1.75. The molecule has 1 aromatic rings. The molecule has 0 radical (unpaired) electrons. The van der Waals surface area contributed by atoms with Gasteiger partial charge in [-0.25, -0.2) is 0 Å². The van der Waals surface area contributed by atoms with E-state index in [1.807, 2.05) is 31.2 Å². The topological polar surface area (TPSA) is 53.2 Å². The summed E-state index contributed by atoms with van der Waals surface area (Å²) >= 11 is 23.5. The van der Waals surface area contributed by atoms with E-state index in [1.54, 1.807) is 0 Å². The van der Waals surface area contributed by atoms with Gasteiger partial charge < -0.3 is 16.0 Å². The van der Waals surface area contributed by atoms with E-state index in [-0.39, 0.29) is 11.0 Å². The van der Waals surface area contributed by atoms with E-state index in [0.29, 0.717) is 6.42 Å². The molecule has 0 aliphatic carbocycles. The highest BCUT2D eigenvalue weighted by Crippen LogP contribution is 2.29. The molecule has 0 aromatic heterocycles. The second-order valence-electron chi connectivity index (χ2n) is 8.65. The number of alkyl halides is 3. The SMILES string of the molecule is CCCCCCCCCCCCCCC(=O)N[C@@H](NC(=S)Nc1cccc(C)c1)C(Cl)(Cl)Cl. The number of hydrogen-bond donors (Lipinski definition) is 3. The minimum absolute atomic E-state index is 0.163. The van der Waals surface area contributed by atoms with E-state index < -0.39 is 9.96 Å². The van der Waals surface area contributed by atoms with Gasteiger partial charge in [-0.2, -0.15) is 0 Å². The van der Waals surface area contributed by atoms with Crippen LogP contribution in [0.1, 0.15) is 96.0 Å². The van der Waals surface area contributed by atoms with Crippen molar-refractivity contribution in [3.8, 4) is 0 Å². The van der Waals surface area contributed by atoms with Gasteiger partial charge in [0.2, 0.25) is 9.70 Å². The van der Waals surface area contributed by atoms with Gasteiger partial charge in [-0.1, -0.05) is 124 Å². The average Bonchev–Trinajstić information content (AvgIpc) is 2.73. The van der Waals surface area contributed by atoms with Crippen LogP contribution in [0.2, 0.25) is 0 Å². The lowest BCUT2D eigenvalue weighted by molar-refractivity contribution is -0.122. The summed E-state index contributed by atoms with van der Waals surface area (Å²) < 4.78 is -1.75. The van der Waals surface area contributed by atoms with Crippen molar-refractivity contribution >= 4 is 63.7 Å². The third-order valence-corrected chi connectivity index (χ3v) is 6.32. The maximum Gasteiger partial charge on any atom is 0.228 e. The molecule has 0 unspecified atom stereocenters. The average molecular weight is 537 g/mol. The van der Waals surface area contributed by atoms with Crippen molar-refractivity contribution in [2.45, 2.75) is 107 Å². The van der Waals surface area contributed by atoms with Crippen LogP contribution in [0.4, 0.5) is 5.69 Å². The number of rotatable bonds is 16. The van der Waals surface area contributed by atoms with Crippen LogP contribution in [0.15, 0.2) is 24.3 Å². The largest absolute Gasteiger partial charge is 0.339 e. The van der Waals surface area contributed by atoms with Crippen molar-refractivity contribution in [1.29, 1.82) is 0 Å². The number of carbonyl (C=O) groups excluding carboxylic acids is 1. The fourth-order valence-electron chi connectivity index (χ4n) is 3.58. The fraction of sp³-hybridized carbons (Fsp3) is 0.680. The summed E-state index contributed by atoms with van der Waals surface area (Å²) in [5.41, 5.74) is 1.91. The van der Waals surface area contributed by atoms with Gasteiger partial charge >= 0.3 is 0 Å². The number of aryl methyl sites for hydroxylation is 1. The monoisotopic (exact) mass is 535 g/mol. The fourth-order valence-corrected chi connectivity index (χ4v) is 4.14. The molecule has 0 spiro atoms. The smallest absolute Gasteiger partial charge is 0.228 e. The molecule has 8 heteroatoms. The predicted molar refractivity (Wildman–Crippen MR) is 148 cm³/mol. The van der Waals surface area contributed by atoms with Crippen LogP contribution in [0.5, 0.6) is 0 Å². The molecule has 1 amide bonds. The van der Waals surface area contributed by atoms with Crippen LogP contribution < -0.4 is 16.0 Å². The number of amides is 1. The first-order valence-corrected chi connectivity index (χ1v) is 13.8. The Morgan fingerprint density at radius 1 is 0.909 bits per heavy atom. The Labute approximate surface area is 220 Å². The first-order valence-electron chi connectivity index (χ1n) is 12.2. The first-order chi connectivity index (χ1) is 15.7. The summed E-state index contributed by atoms with van der Waals surface area (Å²) in [5, 5.41) is 8.96. The first kappa shape index (κ1) is 30.3. The van der Waals surface area contributed by atoms with Crippen LogP contribution in [0.3, 0.4) is 0 Å². The van der Waals surface area contributed by atoms with Crippen LogP contribution >= 0.6 is 47.0 Å². The molecule has 0 heterocycles. The van der Waals surface area contributed by atoms with Gasteiger partial charge in [0.25, 0.3) is 0 Å². The highest BCUT2D eigenvalue weighted by atomic mass is 35.6. The van der Waals surface area contributed by atoms with Crippen LogP contribution in [-0.2, 0) is 4.79 Å². The Hall–Kier alpha value is -0.750. The van der Waals surface area contributed by atoms with Crippen LogP contribution in [0.25, 0.3) is 0 Å². The maximum atomic E-state index is 12.4. The molecule has 1 aromatic carbocycles. The molecule has 4 nitrogen and oxygen atoms in total. The lowest BCUT2D eigenvalue weighted by Gasteiger charge is -2.27. The molecule has 0 fully saturated rings. The lowest BCUT2D eigenvalue weighted by Crippen LogP contribution is -2.56. The van der Waals surface area contributed by atoms with Gasteiger partial charge in [-0.05, 0) is 43.3 Å². The Morgan fingerprint density at radius 2 is 1.45 bits per heavy atom. The maximum absolute atomic E-state index is 12.4. The minimum Gasteiger partial charge on any atom is -0.339 e. The number of benzene rings is 1. The number of carbonyl (C=O) groups is 1. The number of nitrogens with one attached hydrogen (secondary N) is 3. The number of unbranched alkanes of at least 4 members (excludes halogenated alkanes) is 11. The summed E-state index contributed by atoms with van der Waals surface area (Å²) in [7, 11) is 0. The summed E-state index contributed by atoms with van der Waals surface area (Å²) in [4.78, 5) is 12.4. The number of thiocarbonyl (C=S) groups is 1. The molecule has 33 heavy (non-hydrogen) atoms. The Balaban J connectivity index is 2.22. The zero-order valence-electron chi connectivity index (χ0n) is 20.0. The van der Waals surface area contributed by atoms with E-state index in [4.69, 9.17) is 47.0 Å². The van der Waals surface area contributed by atoms with Crippen molar-refractivity contribution in [1.82, 2.24) is 10.6 Å². The third-order valence-electron chi connectivity index (χ3n) is 5.44. The molecule has 188 valence electrons. The molecular weight excluding hydrogens is 497 g/mol. The zero-order chi connectivity index (χ0) is 24.5. The molecule has 0 bridgehead atoms. The molecule has 1 atom stereocenters. The summed E-state index contributed by atoms with van der Waals surface area (Å²) in [6.45, 7) is 4.24. The van der Waals surface area contributed by atoms with E-state index in [1.165, 1.54) is 57.8 Å². The van der Waals surface area contributed by atoms with Gasteiger partial charge in [0.1, 0.15) is 6.17 Å². The Morgan fingerprint density at radius 3 is 1.97 bits per heavy atom. The number of anilines is 1. The summed E-state index contributed by atoms with van der Waals surface area (Å²) in [6, 6.07) is 7.74. The summed E-state index contributed by atoms with van der Waals surface area (Å²) in [6.07, 6.45) is 14.4. The molecule has 0 saturated heterocycles. The highest BCUT2D eigenvalue weighted by Gasteiger charge is 2.34. The second-order valence-corrected chi connectivity index (χ2v) is 11.4. The second kappa shape index (κ2) is 17.7. The highest BCUT2D eigenvalue weighted by molar-refractivity contribution is 7.80. The predicted octanol–water partition coefficient (Wildman–Crippen LogP) is 8.19. The third kappa shape index (κ3) is 15.7. The summed E-state index contributed by atoms with van der Waals surface area (Å²) in [5.74, 6) is -0.163. The van der Waals surface area contributed by atoms with Crippen molar-refractivity contribution in [2.75, 3.05) is 5.32 Å². The van der Waals surface area contributed by atoms with Crippen molar-refractivity contribution in [2.24, 2.45) is 0 Å². The van der Waals surface area contributed by atoms with Gasteiger partial charge in [0.15, 0.2) is 5.11 Å². The van der Waals surface area contributed by atoms with E-state index in [9.17, 15) is 4.79 Å². The quantitative estimate of drug-likeness (QED) is 0.0862. The molecule has 0 saturated carbocycles. The molecule has 0 aliphatic heterocycles. The molecule has 3 N–H and O–H groups in total.